The molecule has 0 saturated carbocycles. The molecule has 1 N–H and O–H groups in total. The molecule has 1 aliphatic heterocycles. The van der Waals surface area contributed by atoms with Gasteiger partial charge in [0.2, 0.25) is 0 Å². The number of hydrogen-bond acceptors (Lipinski definition) is 6. The molecule has 0 aromatic carbocycles. The summed E-state index contributed by atoms with van der Waals surface area (Å²) in [5.41, 5.74) is 0. The van der Waals surface area contributed by atoms with E-state index in [1.54, 1.807) is 21.1 Å². The van der Waals surface area contributed by atoms with E-state index in [1.165, 1.54) is 7.11 Å². The molecule has 0 aromatic rings. The molecule has 6 atom stereocenters. The van der Waals surface area contributed by atoms with E-state index in [-0.39, 0.29) is 30.0 Å². The smallest absolute Gasteiger partial charge is 0.308 e. The van der Waals surface area contributed by atoms with E-state index < -0.39 is 12.4 Å². The maximum absolute atomic E-state index is 11.5. The van der Waals surface area contributed by atoms with Crippen LogP contribution >= 0.6 is 0 Å². The Balaban J connectivity index is 2.73. The summed E-state index contributed by atoms with van der Waals surface area (Å²) in [5.74, 6) is -0.583. The average molecular weight is 290 g/mol. The molecule has 0 aromatic heterocycles. The van der Waals surface area contributed by atoms with Crippen molar-refractivity contribution in [2.75, 3.05) is 21.3 Å². The zero-order valence-corrected chi connectivity index (χ0v) is 12.9. The second-order valence-electron chi connectivity index (χ2n) is 5.41. The molecule has 1 aliphatic rings. The quantitative estimate of drug-likeness (QED) is 0.734. The first kappa shape index (κ1) is 17.4. The van der Waals surface area contributed by atoms with Gasteiger partial charge in [-0.25, -0.2) is 0 Å². The van der Waals surface area contributed by atoms with Crippen molar-refractivity contribution in [3.8, 4) is 0 Å². The molecule has 0 aliphatic carbocycles. The molecular formula is C14H26O6. The van der Waals surface area contributed by atoms with Crippen LogP contribution in [0.25, 0.3) is 0 Å². The van der Waals surface area contributed by atoms with Crippen molar-refractivity contribution in [1.82, 2.24) is 0 Å². The Hall–Kier alpha value is -0.690. The molecule has 1 rings (SSSR count). The van der Waals surface area contributed by atoms with E-state index in [1.807, 2.05) is 6.92 Å². The van der Waals surface area contributed by atoms with E-state index in [4.69, 9.17) is 18.9 Å². The number of esters is 1. The van der Waals surface area contributed by atoms with E-state index in [0.717, 1.165) is 0 Å². The Kier molecular flexibility index (Phi) is 6.88. The van der Waals surface area contributed by atoms with Gasteiger partial charge in [0.25, 0.3) is 0 Å². The molecule has 6 heteroatoms. The number of aliphatic hydroxyl groups excluding tert-OH is 1. The predicted octanol–water partition coefficient (Wildman–Crippen LogP) is 0.959. The van der Waals surface area contributed by atoms with E-state index in [0.29, 0.717) is 12.8 Å². The Morgan fingerprint density at radius 2 is 2.05 bits per heavy atom. The van der Waals surface area contributed by atoms with Crippen LogP contribution in [0.1, 0.15) is 26.7 Å². The second-order valence-corrected chi connectivity index (χ2v) is 5.41. The van der Waals surface area contributed by atoms with Gasteiger partial charge in [0.1, 0.15) is 6.10 Å². The minimum Gasteiger partial charge on any atom is -0.469 e. The van der Waals surface area contributed by atoms with E-state index >= 15 is 0 Å². The number of hydrogen-bond donors (Lipinski definition) is 1. The van der Waals surface area contributed by atoms with Crippen LogP contribution in [0.5, 0.6) is 0 Å². The van der Waals surface area contributed by atoms with Gasteiger partial charge in [0.15, 0.2) is 6.29 Å². The summed E-state index contributed by atoms with van der Waals surface area (Å²) in [7, 11) is 4.54. The summed E-state index contributed by atoms with van der Waals surface area (Å²) >= 11 is 0. The van der Waals surface area contributed by atoms with Crippen molar-refractivity contribution in [3.05, 3.63) is 0 Å². The fraction of sp³-hybridized carbons (Fsp3) is 0.929. The Bertz CT molecular complexity index is 308. The fourth-order valence-corrected chi connectivity index (χ4v) is 2.57. The van der Waals surface area contributed by atoms with Crippen molar-refractivity contribution >= 4 is 5.97 Å². The molecule has 1 fully saturated rings. The van der Waals surface area contributed by atoms with E-state index in [2.05, 4.69) is 0 Å². The summed E-state index contributed by atoms with van der Waals surface area (Å²) in [4.78, 5) is 11.5. The molecular weight excluding hydrogens is 264 g/mol. The Labute approximate surface area is 120 Å². The molecule has 0 radical (unpaired) electrons. The molecule has 1 unspecified atom stereocenters. The van der Waals surface area contributed by atoms with Gasteiger partial charge < -0.3 is 24.1 Å². The van der Waals surface area contributed by atoms with Gasteiger partial charge in [-0.15, -0.1) is 0 Å². The zero-order valence-electron chi connectivity index (χ0n) is 12.9. The van der Waals surface area contributed by atoms with Gasteiger partial charge in [-0.05, 0) is 12.8 Å². The van der Waals surface area contributed by atoms with Gasteiger partial charge in [-0.3, -0.25) is 4.79 Å². The van der Waals surface area contributed by atoms with Gasteiger partial charge in [0, 0.05) is 20.1 Å². The minimum absolute atomic E-state index is 0.00624. The minimum atomic E-state index is -0.836. The number of carbonyl (C=O) groups is 1. The van der Waals surface area contributed by atoms with Crippen molar-refractivity contribution < 1.29 is 28.8 Å². The highest BCUT2D eigenvalue weighted by atomic mass is 16.6. The highest BCUT2D eigenvalue weighted by Crippen LogP contribution is 2.30. The lowest BCUT2D eigenvalue weighted by Crippen LogP contribution is -2.51. The molecule has 0 spiro atoms. The standard InChI is InChI=1S/C14H26O6/c1-8(13(15)19-5)6-10(17-3)12-11(18-4)7-9(2)14(16)20-12/h8-12,14,16H,6-7H2,1-5H3/t8-,9-,10+,11+,12-,14?/m1/s1. The van der Waals surface area contributed by atoms with Crippen molar-refractivity contribution in [3.63, 3.8) is 0 Å². The maximum atomic E-state index is 11.5. The molecule has 0 amide bonds. The molecule has 118 valence electrons. The van der Waals surface area contributed by atoms with Crippen molar-refractivity contribution in [2.24, 2.45) is 11.8 Å². The summed E-state index contributed by atoms with van der Waals surface area (Å²) < 4.78 is 21.2. The second kappa shape index (κ2) is 7.93. The fourth-order valence-electron chi connectivity index (χ4n) is 2.57. The summed E-state index contributed by atoms with van der Waals surface area (Å²) in [6.45, 7) is 3.69. The van der Waals surface area contributed by atoms with Crippen LogP contribution < -0.4 is 0 Å². The maximum Gasteiger partial charge on any atom is 0.308 e. The lowest BCUT2D eigenvalue weighted by Gasteiger charge is -2.40. The molecule has 0 bridgehead atoms. The van der Waals surface area contributed by atoms with Crippen molar-refractivity contribution in [1.29, 1.82) is 0 Å². The van der Waals surface area contributed by atoms with Crippen LogP contribution in [0.3, 0.4) is 0 Å². The lowest BCUT2D eigenvalue weighted by atomic mass is 9.89. The summed E-state index contributed by atoms with van der Waals surface area (Å²) in [6, 6.07) is 0. The van der Waals surface area contributed by atoms with Gasteiger partial charge >= 0.3 is 5.97 Å². The third kappa shape index (κ3) is 4.15. The van der Waals surface area contributed by atoms with Crippen LogP contribution in [0.2, 0.25) is 0 Å². The van der Waals surface area contributed by atoms with Crippen LogP contribution in [-0.4, -0.2) is 57.0 Å². The van der Waals surface area contributed by atoms with Gasteiger partial charge in [-0.1, -0.05) is 13.8 Å². The number of carbonyl (C=O) groups excluding carboxylic acids is 1. The number of aliphatic hydroxyl groups is 1. The number of rotatable bonds is 6. The van der Waals surface area contributed by atoms with Gasteiger partial charge in [0.05, 0.1) is 25.2 Å². The van der Waals surface area contributed by atoms with Crippen LogP contribution in [0, 0.1) is 11.8 Å². The molecule has 20 heavy (non-hydrogen) atoms. The Morgan fingerprint density at radius 1 is 1.40 bits per heavy atom. The summed E-state index contributed by atoms with van der Waals surface area (Å²) in [6.07, 6.45) is -0.593. The highest BCUT2D eigenvalue weighted by Gasteiger charge is 2.40. The van der Waals surface area contributed by atoms with Crippen molar-refractivity contribution in [2.45, 2.75) is 51.3 Å². The monoisotopic (exact) mass is 290 g/mol. The number of methoxy groups -OCH3 is 3. The lowest BCUT2D eigenvalue weighted by molar-refractivity contribution is -0.254. The molecule has 1 saturated heterocycles. The normalized spacial score (nSPS) is 33.5. The summed E-state index contributed by atoms with van der Waals surface area (Å²) in [5, 5.41) is 9.87. The number of ether oxygens (including phenoxy) is 4. The topological polar surface area (TPSA) is 74.2 Å². The third-order valence-corrected chi connectivity index (χ3v) is 3.92. The molecule has 1 heterocycles. The van der Waals surface area contributed by atoms with Gasteiger partial charge in [-0.2, -0.15) is 0 Å². The average Bonchev–Trinajstić information content (AvgIpc) is 2.45. The van der Waals surface area contributed by atoms with Crippen LogP contribution in [0.15, 0.2) is 0 Å². The first-order chi connectivity index (χ1) is 9.44. The third-order valence-electron chi connectivity index (χ3n) is 3.92. The van der Waals surface area contributed by atoms with Crippen LogP contribution in [0.4, 0.5) is 0 Å². The van der Waals surface area contributed by atoms with E-state index in [9.17, 15) is 9.90 Å². The first-order valence-corrected chi connectivity index (χ1v) is 6.91. The highest BCUT2D eigenvalue weighted by molar-refractivity contribution is 5.71. The zero-order chi connectivity index (χ0) is 15.3. The predicted molar refractivity (Wildman–Crippen MR) is 72.1 cm³/mol. The Morgan fingerprint density at radius 3 is 2.55 bits per heavy atom. The molecule has 6 nitrogen and oxygen atoms in total. The first-order valence-electron chi connectivity index (χ1n) is 6.91. The largest absolute Gasteiger partial charge is 0.469 e. The van der Waals surface area contributed by atoms with Crippen LogP contribution in [-0.2, 0) is 23.7 Å². The SMILES string of the molecule is COC(=O)[C@H](C)C[C@H](OC)[C@H]1OC(O)[C@H](C)C[C@@H]1OC.